The van der Waals surface area contributed by atoms with Gasteiger partial charge in [0.2, 0.25) is 5.88 Å². The highest BCUT2D eigenvalue weighted by Crippen LogP contribution is 2.13. The molecule has 2 rings (SSSR count). The fourth-order valence-corrected chi connectivity index (χ4v) is 1.63. The van der Waals surface area contributed by atoms with Gasteiger partial charge in [-0.3, -0.25) is 4.68 Å². The van der Waals surface area contributed by atoms with Crippen molar-refractivity contribution in [3.63, 3.8) is 0 Å². The minimum absolute atomic E-state index is 0.634. The lowest BCUT2D eigenvalue weighted by Gasteiger charge is -2.07. The van der Waals surface area contributed by atoms with Crippen LogP contribution in [0, 0.1) is 6.92 Å². The third-order valence-electron chi connectivity index (χ3n) is 2.85. The summed E-state index contributed by atoms with van der Waals surface area (Å²) in [4.78, 5) is 4.20. The van der Waals surface area contributed by atoms with Crippen LogP contribution in [0.4, 0.5) is 5.69 Å². The van der Waals surface area contributed by atoms with Crippen LogP contribution >= 0.6 is 0 Å². The van der Waals surface area contributed by atoms with Gasteiger partial charge in [-0.05, 0) is 19.9 Å². The minimum atomic E-state index is 0.634. The van der Waals surface area contributed by atoms with Gasteiger partial charge in [-0.15, -0.1) is 0 Å². The second-order valence-electron chi connectivity index (χ2n) is 4.05. The summed E-state index contributed by atoms with van der Waals surface area (Å²) in [6.45, 7) is 5.38. The molecule has 5 nitrogen and oxygen atoms in total. The molecule has 0 bridgehead atoms. The molecule has 0 aromatic carbocycles. The Hall–Kier alpha value is -2.04. The van der Waals surface area contributed by atoms with Gasteiger partial charge in [-0.25, -0.2) is 4.98 Å². The molecule has 2 aromatic rings. The molecule has 0 unspecified atom stereocenters. The minimum Gasteiger partial charge on any atom is -0.478 e. The maximum atomic E-state index is 5.29. The van der Waals surface area contributed by atoms with Crippen molar-refractivity contribution in [2.45, 2.75) is 20.4 Å². The van der Waals surface area contributed by atoms with Crippen molar-refractivity contribution >= 4 is 5.69 Å². The second-order valence-corrected chi connectivity index (χ2v) is 4.05. The number of aryl methyl sites for hydroxylation is 1. The van der Waals surface area contributed by atoms with Crippen LogP contribution in [0.15, 0.2) is 24.5 Å². The molecule has 2 aromatic heterocycles. The summed E-state index contributed by atoms with van der Waals surface area (Å²) in [5.74, 6) is 0.653. The molecule has 0 saturated carbocycles. The second kappa shape index (κ2) is 5.53. The lowest BCUT2D eigenvalue weighted by Crippen LogP contribution is -2.02. The van der Waals surface area contributed by atoms with E-state index in [1.54, 1.807) is 6.20 Å². The van der Waals surface area contributed by atoms with E-state index in [1.165, 1.54) is 11.3 Å². The van der Waals surface area contributed by atoms with Crippen LogP contribution in [-0.2, 0) is 13.6 Å². The Kier molecular flexibility index (Phi) is 3.82. The van der Waals surface area contributed by atoms with E-state index in [1.807, 2.05) is 37.0 Å². The summed E-state index contributed by atoms with van der Waals surface area (Å²) < 4.78 is 7.16. The van der Waals surface area contributed by atoms with Crippen LogP contribution < -0.4 is 10.1 Å². The first kappa shape index (κ1) is 12.4. The molecule has 5 heteroatoms. The fraction of sp³-hybridized carbons (Fsp3) is 0.385. The summed E-state index contributed by atoms with van der Waals surface area (Å²) in [6, 6.07) is 3.83. The molecule has 0 fully saturated rings. The monoisotopic (exact) mass is 246 g/mol. The number of nitrogens with one attached hydrogen (secondary N) is 1. The first-order valence-electron chi connectivity index (χ1n) is 6.01. The van der Waals surface area contributed by atoms with E-state index < -0.39 is 0 Å². The predicted octanol–water partition coefficient (Wildman–Crippen LogP) is 2.13. The molecule has 0 aliphatic heterocycles. The largest absolute Gasteiger partial charge is 0.478 e. The van der Waals surface area contributed by atoms with E-state index in [9.17, 15) is 0 Å². The smallest absolute Gasteiger partial charge is 0.213 e. The third-order valence-corrected chi connectivity index (χ3v) is 2.85. The SMILES string of the molecule is CCOc1ccc(NCc2cnn(C)c2C)cn1. The van der Waals surface area contributed by atoms with Gasteiger partial charge in [0.25, 0.3) is 0 Å². The zero-order valence-corrected chi connectivity index (χ0v) is 11.0. The van der Waals surface area contributed by atoms with E-state index in [4.69, 9.17) is 4.74 Å². The molecule has 96 valence electrons. The Balaban J connectivity index is 1.96. The highest BCUT2D eigenvalue weighted by Gasteiger charge is 2.03. The first-order chi connectivity index (χ1) is 8.70. The predicted molar refractivity (Wildman–Crippen MR) is 70.7 cm³/mol. The average molecular weight is 246 g/mol. The van der Waals surface area contributed by atoms with E-state index in [2.05, 4.69) is 22.3 Å². The zero-order valence-electron chi connectivity index (χ0n) is 11.0. The van der Waals surface area contributed by atoms with Crippen molar-refractivity contribution in [1.29, 1.82) is 0 Å². The first-order valence-corrected chi connectivity index (χ1v) is 6.01. The number of hydrogen-bond donors (Lipinski definition) is 1. The van der Waals surface area contributed by atoms with Crippen molar-refractivity contribution in [3.05, 3.63) is 35.8 Å². The van der Waals surface area contributed by atoms with Crippen molar-refractivity contribution in [2.75, 3.05) is 11.9 Å². The molecule has 0 aliphatic carbocycles. The number of nitrogens with zero attached hydrogens (tertiary/aromatic N) is 3. The highest BCUT2D eigenvalue weighted by molar-refractivity contribution is 5.42. The Bertz CT molecular complexity index is 504. The van der Waals surface area contributed by atoms with Crippen LogP contribution in [-0.4, -0.2) is 21.4 Å². The van der Waals surface area contributed by atoms with Gasteiger partial charge < -0.3 is 10.1 Å². The number of anilines is 1. The van der Waals surface area contributed by atoms with Crippen LogP contribution in [0.2, 0.25) is 0 Å². The van der Waals surface area contributed by atoms with Crippen LogP contribution in [0.1, 0.15) is 18.2 Å². The van der Waals surface area contributed by atoms with Gasteiger partial charge in [0.1, 0.15) is 0 Å². The van der Waals surface area contributed by atoms with Gasteiger partial charge in [-0.1, -0.05) is 0 Å². The summed E-state index contributed by atoms with van der Waals surface area (Å²) in [5.41, 5.74) is 3.33. The normalized spacial score (nSPS) is 10.4. The Morgan fingerprint density at radius 3 is 2.72 bits per heavy atom. The van der Waals surface area contributed by atoms with Gasteiger partial charge in [-0.2, -0.15) is 5.10 Å². The molecule has 0 atom stereocenters. The molecule has 18 heavy (non-hydrogen) atoms. The standard InChI is InChI=1S/C13H18N4O/c1-4-18-13-6-5-12(9-15-13)14-7-11-8-16-17(3)10(11)2/h5-6,8-9,14H,4,7H2,1-3H3. The van der Waals surface area contributed by atoms with Gasteiger partial charge >= 0.3 is 0 Å². The highest BCUT2D eigenvalue weighted by atomic mass is 16.5. The molecular weight excluding hydrogens is 228 g/mol. The Labute approximate surface area is 107 Å². The van der Waals surface area contributed by atoms with E-state index in [0.717, 1.165) is 12.2 Å². The van der Waals surface area contributed by atoms with Gasteiger partial charge in [0, 0.05) is 30.9 Å². The number of aromatic nitrogens is 3. The number of ether oxygens (including phenoxy) is 1. The van der Waals surface area contributed by atoms with Crippen molar-refractivity contribution in [1.82, 2.24) is 14.8 Å². The summed E-state index contributed by atoms with van der Waals surface area (Å²) in [6.07, 6.45) is 3.65. The summed E-state index contributed by atoms with van der Waals surface area (Å²) in [7, 11) is 1.94. The molecule has 0 aliphatic rings. The number of pyridine rings is 1. The fourth-order valence-electron chi connectivity index (χ4n) is 1.63. The third kappa shape index (κ3) is 2.80. The quantitative estimate of drug-likeness (QED) is 0.878. The van der Waals surface area contributed by atoms with Crippen LogP contribution in [0.25, 0.3) is 0 Å². The van der Waals surface area contributed by atoms with E-state index in [0.29, 0.717) is 12.5 Å². The average Bonchev–Trinajstić information content (AvgIpc) is 2.70. The van der Waals surface area contributed by atoms with E-state index >= 15 is 0 Å². The maximum Gasteiger partial charge on any atom is 0.213 e. The molecule has 0 radical (unpaired) electrons. The molecule has 0 amide bonds. The van der Waals surface area contributed by atoms with Crippen molar-refractivity contribution in [2.24, 2.45) is 7.05 Å². The molecule has 0 spiro atoms. The van der Waals surface area contributed by atoms with Crippen molar-refractivity contribution in [3.8, 4) is 5.88 Å². The molecular formula is C13H18N4O. The summed E-state index contributed by atoms with van der Waals surface area (Å²) in [5, 5.41) is 7.52. The van der Waals surface area contributed by atoms with Crippen LogP contribution in [0.5, 0.6) is 5.88 Å². The topological polar surface area (TPSA) is 52.0 Å². The lowest BCUT2D eigenvalue weighted by molar-refractivity contribution is 0.327. The Morgan fingerprint density at radius 2 is 2.17 bits per heavy atom. The Morgan fingerprint density at radius 1 is 1.33 bits per heavy atom. The zero-order chi connectivity index (χ0) is 13.0. The van der Waals surface area contributed by atoms with Crippen molar-refractivity contribution < 1.29 is 4.74 Å². The van der Waals surface area contributed by atoms with Gasteiger partial charge in [0.05, 0.1) is 24.7 Å². The maximum absolute atomic E-state index is 5.29. The van der Waals surface area contributed by atoms with Crippen LogP contribution in [0.3, 0.4) is 0 Å². The van der Waals surface area contributed by atoms with E-state index in [-0.39, 0.29) is 0 Å². The lowest BCUT2D eigenvalue weighted by atomic mass is 10.2. The summed E-state index contributed by atoms with van der Waals surface area (Å²) >= 11 is 0. The van der Waals surface area contributed by atoms with Gasteiger partial charge in [0.15, 0.2) is 0 Å². The molecule has 0 saturated heterocycles. The number of hydrogen-bond acceptors (Lipinski definition) is 4. The molecule has 2 heterocycles. The molecule has 1 N–H and O–H groups in total. The number of rotatable bonds is 5.